The molecule has 1 heterocycles. The quantitative estimate of drug-likeness (QED) is 0.851. The van der Waals surface area contributed by atoms with Gasteiger partial charge in [0.2, 0.25) is 11.2 Å². The summed E-state index contributed by atoms with van der Waals surface area (Å²) in [6.07, 6.45) is 0. The molecule has 0 aliphatic carbocycles. The van der Waals surface area contributed by atoms with Gasteiger partial charge in [0, 0.05) is 19.1 Å². The average molecular weight is 287 g/mol. The largest absolute Gasteiger partial charge is 0.347 e. The summed E-state index contributed by atoms with van der Waals surface area (Å²) in [7, 11) is 3.52. The van der Waals surface area contributed by atoms with E-state index in [2.05, 4.69) is 15.0 Å². The third-order valence-corrected chi connectivity index (χ3v) is 2.57. The van der Waals surface area contributed by atoms with Crippen LogP contribution in [0.5, 0.6) is 0 Å². The zero-order valence-electron chi connectivity index (χ0n) is 9.65. The fourth-order valence-corrected chi connectivity index (χ4v) is 1.65. The Hall–Kier alpha value is -1.46. The van der Waals surface area contributed by atoms with Gasteiger partial charge in [0.05, 0.1) is 5.56 Å². The van der Waals surface area contributed by atoms with Gasteiger partial charge in [-0.15, -0.1) is 0 Å². The van der Waals surface area contributed by atoms with E-state index in [4.69, 9.17) is 23.2 Å². The van der Waals surface area contributed by atoms with Gasteiger partial charge in [0.15, 0.2) is 5.82 Å². The van der Waals surface area contributed by atoms with E-state index in [-0.39, 0.29) is 16.7 Å². The summed E-state index contributed by atoms with van der Waals surface area (Å²) < 4.78 is 13.8. The average Bonchev–Trinajstić information content (AvgIpc) is 2.27. The van der Waals surface area contributed by atoms with Crippen LogP contribution < -0.4 is 4.90 Å². The second kappa shape index (κ2) is 5.04. The molecule has 0 amide bonds. The number of hydrogen-bond acceptors (Lipinski definition) is 4. The molecule has 2 aromatic rings. The number of aromatic nitrogens is 3. The lowest BCUT2D eigenvalue weighted by Gasteiger charge is -2.11. The Morgan fingerprint density at radius 1 is 1.11 bits per heavy atom. The highest BCUT2D eigenvalue weighted by molar-refractivity contribution is 6.30. The standard InChI is InChI=1S/C11H9Cl2FN4/c1-18(2)11-16-9(15-10(13)17-11)7-4-3-6(12)5-8(7)14/h3-5H,1-2H3. The van der Waals surface area contributed by atoms with Crippen molar-refractivity contribution in [2.45, 2.75) is 0 Å². The van der Waals surface area contributed by atoms with Gasteiger partial charge in [-0.05, 0) is 29.8 Å². The SMILES string of the molecule is CN(C)c1nc(Cl)nc(-c2ccc(Cl)cc2F)n1. The molecule has 0 aliphatic heterocycles. The number of anilines is 1. The normalized spacial score (nSPS) is 10.5. The van der Waals surface area contributed by atoms with Crippen LogP contribution in [0.3, 0.4) is 0 Å². The van der Waals surface area contributed by atoms with Gasteiger partial charge in [-0.1, -0.05) is 11.6 Å². The first-order chi connectivity index (χ1) is 8.47. The van der Waals surface area contributed by atoms with E-state index < -0.39 is 5.82 Å². The van der Waals surface area contributed by atoms with Crippen LogP contribution in [-0.4, -0.2) is 29.0 Å². The highest BCUT2D eigenvalue weighted by atomic mass is 35.5. The maximum Gasteiger partial charge on any atom is 0.229 e. The van der Waals surface area contributed by atoms with E-state index in [1.807, 2.05) is 0 Å². The van der Waals surface area contributed by atoms with Crippen molar-refractivity contribution in [1.82, 2.24) is 15.0 Å². The molecule has 1 aromatic heterocycles. The van der Waals surface area contributed by atoms with Crippen molar-refractivity contribution in [3.05, 3.63) is 34.3 Å². The molecule has 0 saturated carbocycles. The van der Waals surface area contributed by atoms with Crippen LogP contribution in [0.2, 0.25) is 10.3 Å². The number of hydrogen-bond donors (Lipinski definition) is 0. The van der Waals surface area contributed by atoms with Gasteiger partial charge < -0.3 is 4.90 Å². The van der Waals surface area contributed by atoms with E-state index in [1.54, 1.807) is 25.1 Å². The van der Waals surface area contributed by atoms with Crippen molar-refractivity contribution in [1.29, 1.82) is 0 Å². The molecule has 2 rings (SSSR count). The lowest BCUT2D eigenvalue weighted by atomic mass is 10.2. The molecule has 0 aliphatic rings. The van der Waals surface area contributed by atoms with E-state index in [0.29, 0.717) is 11.0 Å². The predicted octanol–water partition coefficient (Wildman–Crippen LogP) is 3.05. The van der Waals surface area contributed by atoms with Crippen molar-refractivity contribution in [3.8, 4) is 11.4 Å². The van der Waals surface area contributed by atoms with Gasteiger partial charge in [-0.3, -0.25) is 0 Å². The molecule has 4 nitrogen and oxygen atoms in total. The van der Waals surface area contributed by atoms with Crippen LogP contribution in [0.4, 0.5) is 10.3 Å². The second-order valence-corrected chi connectivity index (χ2v) is 4.52. The lowest BCUT2D eigenvalue weighted by molar-refractivity contribution is 0.630. The summed E-state index contributed by atoms with van der Waals surface area (Å²) in [6, 6.07) is 4.26. The number of benzene rings is 1. The number of halogens is 3. The third kappa shape index (κ3) is 2.68. The smallest absolute Gasteiger partial charge is 0.229 e. The van der Waals surface area contributed by atoms with Gasteiger partial charge in [0.25, 0.3) is 0 Å². The molecule has 0 N–H and O–H groups in total. The summed E-state index contributed by atoms with van der Waals surface area (Å²) in [5.41, 5.74) is 0.229. The van der Waals surface area contributed by atoms with Crippen molar-refractivity contribution in [2.75, 3.05) is 19.0 Å². The number of rotatable bonds is 2. The molecular weight excluding hydrogens is 278 g/mol. The van der Waals surface area contributed by atoms with E-state index in [9.17, 15) is 4.39 Å². The highest BCUT2D eigenvalue weighted by Gasteiger charge is 2.12. The maximum atomic E-state index is 13.8. The Bertz CT molecular complexity index is 589. The van der Waals surface area contributed by atoms with Crippen LogP contribution in [0.15, 0.2) is 18.2 Å². The first-order valence-electron chi connectivity index (χ1n) is 5.01. The van der Waals surface area contributed by atoms with Crippen LogP contribution in [0.25, 0.3) is 11.4 Å². The highest BCUT2D eigenvalue weighted by Crippen LogP contribution is 2.24. The molecule has 7 heteroatoms. The zero-order valence-corrected chi connectivity index (χ0v) is 11.2. The lowest BCUT2D eigenvalue weighted by Crippen LogP contribution is -2.14. The molecule has 94 valence electrons. The second-order valence-electron chi connectivity index (χ2n) is 3.75. The summed E-state index contributed by atoms with van der Waals surface area (Å²) >= 11 is 11.5. The molecule has 1 aromatic carbocycles. The zero-order chi connectivity index (χ0) is 13.3. The van der Waals surface area contributed by atoms with Gasteiger partial charge in [-0.2, -0.15) is 15.0 Å². The molecule has 0 bridgehead atoms. The van der Waals surface area contributed by atoms with Gasteiger partial charge in [-0.25, -0.2) is 4.39 Å². The van der Waals surface area contributed by atoms with Crippen molar-refractivity contribution in [3.63, 3.8) is 0 Å². The molecule has 0 fully saturated rings. The minimum atomic E-state index is -0.505. The topological polar surface area (TPSA) is 41.9 Å². The Morgan fingerprint density at radius 3 is 2.44 bits per heavy atom. The number of nitrogens with zero attached hydrogens (tertiary/aromatic N) is 4. The summed E-state index contributed by atoms with van der Waals surface area (Å²) in [5, 5.41) is 0.322. The minimum absolute atomic E-state index is 0.0121. The Labute approximate surface area is 113 Å². The van der Waals surface area contributed by atoms with Gasteiger partial charge in [0.1, 0.15) is 5.82 Å². The molecule has 0 saturated heterocycles. The molecular formula is C11H9Cl2FN4. The fourth-order valence-electron chi connectivity index (χ4n) is 1.33. The first kappa shape index (κ1) is 13.0. The molecule has 0 radical (unpaired) electrons. The maximum absolute atomic E-state index is 13.8. The summed E-state index contributed by atoms with van der Waals surface area (Å²) in [5.74, 6) is 0.0293. The summed E-state index contributed by atoms with van der Waals surface area (Å²) in [4.78, 5) is 13.6. The monoisotopic (exact) mass is 286 g/mol. The molecule has 18 heavy (non-hydrogen) atoms. The van der Waals surface area contributed by atoms with Crippen LogP contribution in [0.1, 0.15) is 0 Å². The first-order valence-corrected chi connectivity index (χ1v) is 5.77. The van der Waals surface area contributed by atoms with Crippen molar-refractivity contribution in [2.24, 2.45) is 0 Å². The molecule has 0 spiro atoms. The van der Waals surface area contributed by atoms with Crippen LogP contribution >= 0.6 is 23.2 Å². The van der Waals surface area contributed by atoms with Gasteiger partial charge >= 0.3 is 0 Å². The van der Waals surface area contributed by atoms with Crippen molar-refractivity contribution < 1.29 is 4.39 Å². The third-order valence-electron chi connectivity index (χ3n) is 2.17. The molecule has 0 atom stereocenters. The Kier molecular flexibility index (Phi) is 3.63. The van der Waals surface area contributed by atoms with E-state index in [1.165, 1.54) is 12.1 Å². The molecule has 0 unspecified atom stereocenters. The van der Waals surface area contributed by atoms with Crippen LogP contribution in [-0.2, 0) is 0 Å². The Morgan fingerprint density at radius 2 is 1.83 bits per heavy atom. The predicted molar refractivity (Wildman–Crippen MR) is 69.6 cm³/mol. The Balaban J connectivity index is 2.56. The van der Waals surface area contributed by atoms with E-state index >= 15 is 0 Å². The van der Waals surface area contributed by atoms with E-state index in [0.717, 1.165) is 0 Å². The van der Waals surface area contributed by atoms with Crippen LogP contribution in [0, 0.1) is 5.82 Å². The van der Waals surface area contributed by atoms with Crippen molar-refractivity contribution >= 4 is 29.2 Å². The fraction of sp³-hybridized carbons (Fsp3) is 0.182. The summed E-state index contributed by atoms with van der Waals surface area (Å²) in [6.45, 7) is 0. The minimum Gasteiger partial charge on any atom is -0.347 e.